The van der Waals surface area contributed by atoms with Crippen molar-refractivity contribution in [2.45, 2.75) is 13.0 Å². The summed E-state index contributed by atoms with van der Waals surface area (Å²) in [7, 11) is 1.60. The lowest BCUT2D eigenvalue weighted by molar-refractivity contribution is -0.126. The molecule has 0 aliphatic carbocycles. The summed E-state index contributed by atoms with van der Waals surface area (Å²) >= 11 is 0. The molecule has 0 saturated carbocycles. The fourth-order valence-corrected chi connectivity index (χ4v) is 2.73. The number of pyridine rings is 1. The summed E-state index contributed by atoms with van der Waals surface area (Å²) < 4.78 is 5.12. The van der Waals surface area contributed by atoms with Crippen LogP contribution in [0.5, 0.6) is 5.75 Å². The molecule has 3 rings (SSSR count). The third-order valence-electron chi connectivity index (χ3n) is 4.10. The number of hydrogen-bond donors (Lipinski definition) is 1. The van der Waals surface area contributed by atoms with Gasteiger partial charge >= 0.3 is 0 Å². The molecule has 2 heterocycles. The average Bonchev–Trinajstić information content (AvgIpc) is 3.02. The van der Waals surface area contributed by atoms with Crippen molar-refractivity contribution in [2.75, 3.05) is 18.6 Å². The molecule has 1 aliphatic rings. The topological polar surface area (TPSA) is 71.5 Å². The zero-order valence-electron chi connectivity index (χ0n) is 13.4. The van der Waals surface area contributed by atoms with Gasteiger partial charge in [-0.25, -0.2) is 0 Å². The second-order valence-corrected chi connectivity index (χ2v) is 5.68. The van der Waals surface area contributed by atoms with Crippen LogP contribution in [0.4, 0.5) is 5.69 Å². The van der Waals surface area contributed by atoms with E-state index in [1.807, 2.05) is 24.3 Å². The second kappa shape index (κ2) is 7.12. The number of anilines is 1. The molecule has 1 aromatic heterocycles. The van der Waals surface area contributed by atoms with Gasteiger partial charge in [0.2, 0.25) is 11.8 Å². The zero-order valence-corrected chi connectivity index (χ0v) is 13.4. The first kappa shape index (κ1) is 16.0. The normalized spacial score (nSPS) is 17.0. The summed E-state index contributed by atoms with van der Waals surface area (Å²) in [5.74, 6) is 0.263. The summed E-state index contributed by atoms with van der Waals surface area (Å²) in [6.07, 6.45) is 3.60. The highest BCUT2D eigenvalue weighted by atomic mass is 16.5. The smallest absolute Gasteiger partial charge is 0.227 e. The van der Waals surface area contributed by atoms with Crippen LogP contribution in [-0.2, 0) is 16.1 Å². The Balaban J connectivity index is 1.60. The van der Waals surface area contributed by atoms with Gasteiger partial charge in [-0.1, -0.05) is 0 Å². The number of benzene rings is 1. The first-order valence-corrected chi connectivity index (χ1v) is 7.78. The lowest BCUT2D eigenvalue weighted by Crippen LogP contribution is -2.32. The Morgan fingerprint density at radius 2 is 1.96 bits per heavy atom. The number of methoxy groups -OCH3 is 1. The van der Waals surface area contributed by atoms with Crippen LogP contribution in [0.3, 0.4) is 0 Å². The Labute approximate surface area is 140 Å². The lowest BCUT2D eigenvalue weighted by Gasteiger charge is -2.17. The van der Waals surface area contributed by atoms with E-state index in [0.29, 0.717) is 13.1 Å². The molecule has 2 aromatic rings. The highest BCUT2D eigenvalue weighted by Gasteiger charge is 2.34. The van der Waals surface area contributed by atoms with Crippen molar-refractivity contribution in [3.63, 3.8) is 0 Å². The van der Waals surface area contributed by atoms with E-state index < -0.39 is 0 Å². The molecule has 1 fully saturated rings. The number of carbonyl (C=O) groups is 2. The number of amides is 2. The summed E-state index contributed by atoms with van der Waals surface area (Å²) in [6.45, 7) is 0.835. The summed E-state index contributed by atoms with van der Waals surface area (Å²) in [4.78, 5) is 30.1. The van der Waals surface area contributed by atoms with Gasteiger partial charge in [0.15, 0.2) is 0 Å². The predicted octanol–water partition coefficient (Wildman–Crippen LogP) is 1.76. The second-order valence-electron chi connectivity index (χ2n) is 5.68. The van der Waals surface area contributed by atoms with Gasteiger partial charge in [0.25, 0.3) is 0 Å². The van der Waals surface area contributed by atoms with Crippen LogP contribution in [0.25, 0.3) is 0 Å². The number of nitrogens with zero attached hydrogens (tertiary/aromatic N) is 2. The Hall–Kier alpha value is -2.89. The molecule has 1 saturated heterocycles. The summed E-state index contributed by atoms with van der Waals surface area (Å²) in [6, 6.07) is 11.0. The van der Waals surface area contributed by atoms with Crippen molar-refractivity contribution in [1.82, 2.24) is 10.3 Å². The Bertz CT molecular complexity index is 716. The van der Waals surface area contributed by atoms with Crippen LogP contribution in [0, 0.1) is 5.92 Å². The van der Waals surface area contributed by atoms with E-state index in [4.69, 9.17) is 4.74 Å². The van der Waals surface area contributed by atoms with E-state index in [-0.39, 0.29) is 24.2 Å². The molecular weight excluding hydrogens is 306 g/mol. The quantitative estimate of drug-likeness (QED) is 0.909. The van der Waals surface area contributed by atoms with Gasteiger partial charge in [-0.2, -0.15) is 0 Å². The number of aromatic nitrogens is 1. The molecule has 1 aromatic carbocycles. The van der Waals surface area contributed by atoms with Crippen LogP contribution in [0.1, 0.15) is 12.0 Å². The van der Waals surface area contributed by atoms with Gasteiger partial charge in [-0.05, 0) is 42.0 Å². The van der Waals surface area contributed by atoms with Crippen LogP contribution in [0.2, 0.25) is 0 Å². The van der Waals surface area contributed by atoms with E-state index in [2.05, 4.69) is 10.3 Å². The molecule has 1 unspecified atom stereocenters. The van der Waals surface area contributed by atoms with Gasteiger partial charge in [0, 0.05) is 37.6 Å². The van der Waals surface area contributed by atoms with Crippen molar-refractivity contribution >= 4 is 17.5 Å². The van der Waals surface area contributed by atoms with E-state index in [0.717, 1.165) is 17.0 Å². The Morgan fingerprint density at radius 1 is 1.25 bits per heavy atom. The van der Waals surface area contributed by atoms with Crippen LogP contribution < -0.4 is 15.0 Å². The average molecular weight is 325 g/mol. The molecule has 1 N–H and O–H groups in total. The number of ether oxygens (including phenoxy) is 1. The van der Waals surface area contributed by atoms with Crippen LogP contribution in [-0.4, -0.2) is 30.5 Å². The van der Waals surface area contributed by atoms with Crippen molar-refractivity contribution in [1.29, 1.82) is 0 Å². The van der Waals surface area contributed by atoms with Gasteiger partial charge < -0.3 is 15.0 Å². The molecule has 6 nitrogen and oxygen atoms in total. The monoisotopic (exact) mass is 325 g/mol. The summed E-state index contributed by atoms with van der Waals surface area (Å²) in [5.41, 5.74) is 1.76. The molecule has 1 atom stereocenters. The van der Waals surface area contributed by atoms with Crippen LogP contribution >= 0.6 is 0 Å². The fraction of sp³-hybridized carbons (Fsp3) is 0.278. The zero-order chi connectivity index (χ0) is 16.9. The molecule has 1 aliphatic heterocycles. The van der Waals surface area contributed by atoms with Crippen molar-refractivity contribution in [3.05, 3.63) is 54.4 Å². The molecule has 0 radical (unpaired) electrons. The number of carbonyl (C=O) groups excluding carboxylic acids is 2. The third-order valence-corrected chi connectivity index (χ3v) is 4.10. The maximum atomic E-state index is 12.3. The van der Waals surface area contributed by atoms with E-state index in [9.17, 15) is 9.59 Å². The predicted molar refractivity (Wildman–Crippen MR) is 89.5 cm³/mol. The van der Waals surface area contributed by atoms with E-state index in [1.165, 1.54) is 0 Å². The fourth-order valence-electron chi connectivity index (χ4n) is 2.73. The molecule has 2 amide bonds. The largest absolute Gasteiger partial charge is 0.497 e. The number of hydrogen-bond acceptors (Lipinski definition) is 4. The molecule has 0 bridgehead atoms. The minimum Gasteiger partial charge on any atom is -0.497 e. The molecule has 24 heavy (non-hydrogen) atoms. The molecule has 124 valence electrons. The maximum Gasteiger partial charge on any atom is 0.227 e. The van der Waals surface area contributed by atoms with Crippen molar-refractivity contribution < 1.29 is 14.3 Å². The van der Waals surface area contributed by atoms with Gasteiger partial charge in [-0.15, -0.1) is 0 Å². The minimum absolute atomic E-state index is 0.0378. The van der Waals surface area contributed by atoms with Gasteiger partial charge in [-0.3, -0.25) is 14.6 Å². The minimum atomic E-state index is -0.332. The van der Waals surface area contributed by atoms with E-state index in [1.54, 1.807) is 36.5 Å². The van der Waals surface area contributed by atoms with Crippen LogP contribution in [0.15, 0.2) is 48.8 Å². The Morgan fingerprint density at radius 3 is 2.62 bits per heavy atom. The highest BCUT2D eigenvalue weighted by molar-refractivity contribution is 6.00. The third kappa shape index (κ3) is 3.53. The first-order chi connectivity index (χ1) is 11.7. The van der Waals surface area contributed by atoms with Gasteiger partial charge in [0.1, 0.15) is 5.75 Å². The maximum absolute atomic E-state index is 12.3. The Kier molecular flexibility index (Phi) is 4.74. The number of nitrogens with one attached hydrogen (secondary N) is 1. The summed E-state index contributed by atoms with van der Waals surface area (Å²) in [5, 5.41) is 2.89. The van der Waals surface area contributed by atoms with E-state index >= 15 is 0 Å². The van der Waals surface area contributed by atoms with Crippen molar-refractivity contribution in [3.8, 4) is 5.75 Å². The first-order valence-electron chi connectivity index (χ1n) is 7.78. The molecule has 0 spiro atoms. The highest BCUT2D eigenvalue weighted by Crippen LogP contribution is 2.26. The SMILES string of the molecule is COc1ccc(N2CC(C(=O)NCc3ccncc3)CC2=O)cc1. The standard InChI is InChI=1S/C18H19N3O3/c1-24-16-4-2-15(3-5-16)21-12-14(10-17(21)22)18(23)20-11-13-6-8-19-9-7-13/h2-9,14H,10-12H2,1H3,(H,20,23). The lowest BCUT2D eigenvalue weighted by atomic mass is 10.1. The van der Waals surface area contributed by atoms with Gasteiger partial charge in [0.05, 0.1) is 13.0 Å². The molecule has 6 heteroatoms. The molecular formula is C18H19N3O3. The van der Waals surface area contributed by atoms with Crippen molar-refractivity contribution in [2.24, 2.45) is 5.92 Å². The number of rotatable bonds is 5.